The van der Waals surface area contributed by atoms with E-state index in [9.17, 15) is 9.59 Å². The Morgan fingerprint density at radius 2 is 1.87 bits per heavy atom. The van der Waals surface area contributed by atoms with Gasteiger partial charge < -0.3 is 9.84 Å². The Morgan fingerprint density at radius 1 is 1.10 bits per heavy atom. The van der Waals surface area contributed by atoms with Crippen LogP contribution in [0.25, 0.3) is 11.4 Å². The highest BCUT2D eigenvalue weighted by molar-refractivity contribution is 6.07. The van der Waals surface area contributed by atoms with Crippen molar-refractivity contribution in [2.75, 3.05) is 0 Å². The highest BCUT2D eigenvalue weighted by atomic mass is 16.5. The number of aromatic nitrogens is 2. The number of carbonyl (C=O) groups excluding carboxylic acids is 2. The zero-order valence-electron chi connectivity index (χ0n) is 16.9. The van der Waals surface area contributed by atoms with Gasteiger partial charge in [0, 0.05) is 5.56 Å². The first kappa shape index (κ1) is 18.5. The molecule has 152 valence electrons. The Morgan fingerprint density at radius 3 is 2.67 bits per heavy atom. The first-order chi connectivity index (χ1) is 14.4. The second-order valence-electron chi connectivity index (χ2n) is 8.16. The zero-order valence-corrected chi connectivity index (χ0v) is 16.9. The molecule has 2 heterocycles. The molecule has 30 heavy (non-hydrogen) atoms. The molecule has 7 nitrogen and oxygen atoms in total. The molecule has 0 bridgehead atoms. The largest absolute Gasteiger partial charge is 0.337 e. The first-order valence-electron chi connectivity index (χ1n) is 10.1. The number of hydrogen-bond acceptors (Lipinski definition) is 5. The van der Waals surface area contributed by atoms with Crippen LogP contribution in [-0.2, 0) is 29.7 Å². The summed E-state index contributed by atoms with van der Waals surface area (Å²) in [4.78, 5) is 31.3. The Bertz CT molecular complexity index is 1150. The molecule has 7 heteroatoms. The summed E-state index contributed by atoms with van der Waals surface area (Å²) in [6, 6.07) is 13.3. The van der Waals surface area contributed by atoms with Crippen molar-refractivity contribution in [3.63, 3.8) is 0 Å². The zero-order chi connectivity index (χ0) is 20.9. The number of carbonyl (C=O) groups is 2. The van der Waals surface area contributed by atoms with Crippen LogP contribution in [0, 0.1) is 6.92 Å². The lowest BCUT2D eigenvalue weighted by Crippen LogP contribution is -2.41. The van der Waals surface area contributed by atoms with E-state index in [0.717, 1.165) is 40.9 Å². The molecule has 0 saturated carbocycles. The van der Waals surface area contributed by atoms with Gasteiger partial charge in [0.25, 0.3) is 5.91 Å². The minimum atomic E-state index is -1.10. The predicted molar refractivity (Wildman–Crippen MR) is 109 cm³/mol. The van der Waals surface area contributed by atoms with Gasteiger partial charge in [0.05, 0.1) is 0 Å². The summed E-state index contributed by atoms with van der Waals surface area (Å²) in [5.41, 5.74) is 4.23. The van der Waals surface area contributed by atoms with E-state index >= 15 is 0 Å². The molecule has 0 radical (unpaired) electrons. The molecule has 3 aromatic rings. The molecule has 1 atom stereocenters. The maximum absolute atomic E-state index is 13.2. The van der Waals surface area contributed by atoms with E-state index in [1.165, 1.54) is 11.1 Å². The fourth-order valence-electron chi connectivity index (χ4n) is 4.19. The molecule has 1 N–H and O–H groups in total. The Hall–Kier alpha value is -3.48. The Kier molecular flexibility index (Phi) is 4.20. The molecule has 5 rings (SSSR count). The molecule has 2 aliphatic rings. The third-order valence-corrected chi connectivity index (χ3v) is 6.02. The highest BCUT2D eigenvalue weighted by Gasteiger charge is 2.49. The van der Waals surface area contributed by atoms with Crippen molar-refractivity contribution in [2.45, 2.75) is 45.2 Å². The number of fused-ring (bicyclic) bond motifs is 1. The second kappa shape index (κ2) is 6.79. The van der Waals surface area contributed by atoms with E-state index < -0.39 is 11.6 Å². The van der Waals surface area contributed by atoms with Gasteiger partial charge in [-0.15, -0.1) is 0 Å². The number of benzene rings is 2. The summed E-state index contributed by atoms with van der Waals surface area (Å²) < 4.78 is 5.31. The number of aryl methyl sites for hydroxylation is 3. The maximum Gasteiger partial charge on any atom is 0.325 e. The Balaban J connectivity index is 1.38. The van der Waals surface area contributed by atoms with E-state index in [-0.39, 0.29) is 18.3 Å². The number of rotatable bonds is 4. The molecule has 0 unspecified atom stereocenters. The van der Waals surface area contributed by atoms with Crippen LogP contribution in [0.15, 0.2) is 47.0 Å². The smallest absolute Gasteiger partial charge is 0.325 e. The number of imide groups is 1. The Labute approximate surface area is 174 Å². The van der Waals surface area contributed by atoms with E-state index in [4.69, 9.17) is 4.52 Å². The monoisotopic (exact) mass is 402 g/mol. The van der Waals surface area contributed by atoms with Crippen LogP contribution in [-0.4, -0.2) is 27.0 Å². The normalized spacial score (nSPS) is 20.5. The third kappa shape index (κ3) is 2.98. The molecule has 1 fully saturated rings. The fraction of sp³-hybridized carbons (Fsp3) is 0.304. The highest BCUT2D eigenvalue weighted by Crippen LogP contribution is 2.33. The average molecular weight is 402 g/mol. The van der Waals surface area contributed by atoms with E-state index in [0.29, 0.717) is 5.82 Å². The first-order valence-corrected chi connectivity index (χ1v) is 10.1. The molecular weight excluding hydrogens is 380 g/mol. The van der Waals surface area contributed by atoms with Crippen molar-refractivity contribution in [3.8, 4) is 11.4 Å². The topological polar surface area (TPSA) is 88.3 Å². The number of nitrogens with one attached hydrogen (secondary N) is 1. The molecule has 1 saturated heterocycles. The maximum atomic E-state index is 13.2. The minimum absolute atomic E-state index is 0.0654. The van der Waals surface area contributed by atoms with Gasteiger partial charge in [0.15, 0.2) is 0 Å². The summed E-state index contributed by atoms with van der Waals surface area (Å²) in [6.07, 6.45) is 3.20. The van der Waals surface area contributed by atoms with Crippen LogP contribution in [0.2, 0.25) is 0 Å². The van der Waals surface area contributed by atoms with Crippen molar-refractivity contribution in [1.29, 1.82) is 0 Å². The van der Waals surface area contributed by atoms with Gasteiger partial charge in [0.2, 0.25) is 11.7 Å². The van der Waals surface area contributed by atoms with Gasteiger partial charge in [-0.2, -0.15) is 4.98 Å². The van der Waals surface area contributed by atoms with Gasteiger partial charge in [-0.25, -0.2) is 4.79 Å². The SMILES string of the molecule is Cc1ccc(-c2noc(CN3C(=O)N[C@@](C)(c4ccc5c(c4)CCC5)C3=O)n2)cc1. The standard InChI is InChI=1S/C23H22N4O3/c1-14-6-8-16(9-7-14)20-24-19(30-26-20)13-27-21(28)23(2,25-22(27)29)18-11-10-15-4-3-5-17(15)12-18/h6-12H,3-5,13H2,1-2H3,(H,25,29)/t23-/m0/s1. The lowest BCUT2D eigenvalue weighted by Gasteiger charge is -2.22. The van der Waals surface area contributed by atoms with Gasteiger partial charge >= 0.3 is 6.03 Å². The third-order valence-electron chi connectivity index (χ3n) is 6.02. The summed E-state index contributed by atoms with van der Waals surface area (Å²) in [7, 11) is 0. The van der Waals surface area contributed by atoms with Crippen LogP contribution in [0.4, 0.5) is 4.79 Å². The predicted octanol–water partition coefficient (Wildman–Crippen LogP) is 3.50. The minimum Gasteiger partial charge on any atom is -0.337 e. The average Bonchev–Trinajstić information content (AvgIpc) is 3.44. The summed E-state index contributed by atoms with van der Waals surface area (Å²) >= 11 is 0. The molecule has 1 aliphatic heterocycles. The van der Waals surface area contributed by atoms with Crippen LogP contribution in [0.3, 0.4) is 0 Å². The van der Waals surface area contributed by atoms with Crippen molar-refractivity contribution in [1.82, 2.24) is 20.4 Å². The number of amides is 3. The lowest BCUT2D eigenvalue weighted by atomic mass is 9.90. The molecule has 1 aliphatic carbocycles. The van der Waals surface area contributed by atoms with Crippen LogP contribution < -0.4 is 5.32 Å². The number of hydrogen-bond donors (Lipinski definition) is 1. The van der Waals surface area contributed by atoms with Crippen molar-refractivity contribution < 1.29 is 14.1 Å². The number of nitrogens with zero attached hydrogens (tertiary/aromatic N) is 3. The van der Waals surface area contributed by atoms with Gasteiger partial charge in [0.1, 0.15) is 12.1 Å². The van der Waals surface area contributed by atoms with E-state index in [1.807, 2.05) is 43.3 Å². The van der Waals surface area contributed by atoms with Crippen molar-refractivity contribution >= 4 is 11.9 Å². The molecule has 2 aromatic carbocycles. The van der Waals surface area contributed by atoms with E-state index in [1.54, 1.807) is 6.92 Å². The van der Waals surface area contributed by atoms with E-state index in [2.05, 4.69) is 21.5 Å². The van der Waals surface area contributed by atoms with Crippen LogP contribution in [0.5, 0.6) is 0 Å². The summed E-state index contributed by atoms with van der Waals surface area (Å²) in [5, 5.41) is 6.84. The summed E-state index contributed by atoms with van der Waals surface area (Å²) in [6.45, 7) is 3.68. The van der Waals surface area contributed by atoms with Gasteiger partial charge in [-0.05, 0) is 49.8 Å². The lowest BCUT2D eigenvalue weighted by molar-refractivity contribution is -0.131. The van der Waals surface area contributed by atoms with Crippen LogP contribution >= 0.6 is 0 Å². The molecule has 1 aromatic heterocycles. The quantitative estimate of drug-likeness (QED) is 0.675. The second-order valence-corrected chi connectivity index (χ2v) is 8.16. The van der Waals surface area contributed by atoms with Gasteiger partial charge in [-0.3, -0.25) is 9.69 Å². The molecule has 3 amide bonds. The van der Waals surface area contributed by atoms with Crippen molar-refractivity contribution in [2.24, 2.45) is 0 Å². The van der Waals surface area contributed by atoms with Gasteiger partial charge in [-0.1, -0.05) is 53.2 Å². The number of urea groups is 1. The molecular formula is C23H22N4O3. The van der Waals surface area contributed by atoms with Crippen molar-refractivity contribution in [3.05, 3.63) is 70.6 Å². The molecule has 0 spiro atoms. The van der Waals surface area contributed by atoms with Crippen LogP contribution in [0.1, 0.15) is 41.5 Å². The summed E-state index contributed by atoms with van der Waals surface area (Å²) in [5.74, 6) is 0.325. The fourth-order valence-corrected chi connectivity index (χ4v) is 4.19.